The lowest BCUT2D eigenvalue weighted by atomic mass is 10.0. The summed E-state index contributed by atoms with van der Waals surface area (Å²) in [6.07, 6.45) is 0. The number of nitrogens with one attached hydrogen (secondary N) is 2. The summed E-state index contributed by atoms with van der Waals surface area (Å²) >= 11 is 4.91. The molecule has 1 saturated heterocycles. The van der Waals surface area contributed by atoms with E-state index in [2.05, 4.69) is 35.4 Å². The molecular formula is C18H22N12O5S4. The molecule has 2 aromatic heterocycles. The monoisotopic (exact) mass is 614 g/mol. The molecule has 0 spiro atoms. The Kier molecular flexibility index (Phi) is 9.24. The second-order valence-electron chi connectivity index (χ2n) is 7.75. The predicted molar refractivity (Wildman–Crippen MR) is 145 cm³/mol. The molecule has 2 amide bonds. The number of amidine groups is 1. The van der Waals surface area contributed by atoms with Crippen molar-refractivity contribution in [2.45, 2.75) is 23.1 Å². The van der Waals surface area contributed by atoms with Crippen molar-refractivity contribution in [2.24, 2.45) is 10.9 Å². The van der Waals surface area contributed by atoms with Gasteiger partial charge < -0.3 is 26.7 Å². The number of aromatic nitrogens is 6. The van der Waals surface area contributed by atoms with Crippen LogP contribution in [0.5, 0.6) is 0 Å². The average Bonchev–Trinajstić information content (AvgIpc) is 3.54. The summed E-state index contributed by atoms with van der Waals surface area (Å²) in [4.78, 5) is 47.8. The number of nitrogen functional groups attached to an aromatic ring is 1. The molecule has 0 bridgehead atoms. The van der Waals surface area contributed by atoms with Crippen LogP contribution in [0, 0.1) is 5.41 Å². The van der Waals surface area contributed by atoms with Gasteiger partial charge in [0.25, 0.3) is 11.8 Å². The fraction of sp³-hybridized carbons (Fsp3) is 0.444. The average molecular weight is 615 g/mol. The molecule has 7 N–H and O–H groups in total. The number of nitrogens with zero attached hydrogens (tertiary/aromatic N) is 8. The number of fused-ring (bicyclic) bond motifs is 1. The third-order valence-corrected chi connectivity index (χ3v) is 9.08. The summed E-state index contributed by atoms with van der Waals surface area (Å²) in [5.41, 5.74) is 11.1. The number of carbonyl (C=O) groups is 3. The fourth-order valence-electron chi connectivity index (χ4n) is 3.54. The third kappa shape index (κ3) is 6.42. The zero-order valence-corrected chi connectivity index (χ0v) is 23.4. The Hall–Kier alpha value is -3.43. The van der Waals surface area contributed by atoms with Crippen LogP contribution in [0.1, 0.15) is 5.82 Å². The van der Waals surface area contributed by atoms with E-state index in [-0.39, 0.29) is 34.0 Å². The van der Waals surface area contributed by atoms with Gasteiger partial charge >= 0.3 is 5.97 Å². The van der Waals surface area contributed by atoms with Crippen LogP contribution >= 0.6 is 46.8 Å². The minimum Gasteiger partial charge on any atom is -0.477 e. The number of nitrogens with two attached hydrogens (primary N) is 2. The number of carboxylic acid groups (broad SMARTS) is 1. The van der Waals surface area contributed by atoms with Gasteiger partial charge in [-0.1, -0.05) is 16.9 Å². The highest BCUT2D eigenvalue weighted by molar-refractivity contribution is 8.01. The second-order valence-corrected chi connectivity index (χ2v) is 11.7. The summed E-state index contributed by atoms with van der Waals surface area (Å²) in [6.45, 7) is 0.484. The lowest BCUT2D eigenvalue weighted by molar-refractivity contribution is -0.150. The number of carboxylic acids is 1. The molecular weight excluding hydrogens is 593 g/mol. The van der Waals surface area contributed by atoms with E-state index in [9.17, 15) is 19.5 Å². The molecule has 0 aliphatic carbocycles. The number of β-lactam (4-membered cyclic amide) rings is 1. The maximum atomic E-state index is 13.0. The van der Waals surface area contributed by atoms with Crippen LogP contribution in [0.4, 0.5) is 5.13 Å². The summed E-state index contributed by atoms with van der Waals surface area (Å²) in [6, 6.07) is -0.983. The zero-order chi connectivity index (χ0) is 28.1. The number of oxime groups is 1. The van der Waals surface area contributed by atoms with E-state index in [1.165, 1.54) is 47.3 Å². The van der Waals surface area contributed by atoms with Crippen LogP contribution in [0.3, 0.4) is 0 Å². The molecule has 2 aliphatic heterocycles. The van der Waals surface area contributed by atoms with Crippen molar-refractivity contribution in [3.8, 4) is 0 Å². The first-order chi connectivity index (χ1) is 18.7. The number of rotatable bonds is 13. The summed E-state index contributed by atoms with van der Waals surface area (Å²) in [7, 11) is 1.24. The number of aliphatic carboxylic acids is 1. The molecule has 0 radical (unpaired) electrons. The van der Waals surface area contributed by atoms with Gasteiger partial charge in [0.15, 0.2) is 5.13 Å². The van der Waals surface area contributed by atoms with Crippen LogP contribution in [0.2, 0.25) is 0 Å². The number of tetrazole rings is 1. The molecule has 21 heteroatoms. The quantitative estimate of drug-likeness (QED) is 0.0437. The van der Waals surface area contributed by atoms with Crippen molar-refractivity contribution in [2.75, 3.05) is 35.9 Å². The molecule has 17 nitrogen and oxygen atoms in total. The van der Waals surface area contributed by atoms with E-state index >= 15 is 0 Å². The molecule has 2 aromatic rings. The van der Waals surface area contributed by atoms with Crippen molar-refractivity contribution in [1.82, 2.24) is 39.8 Å². The Morgan fingerprint density at radius 3 is 2.87 bits per heavy atom. The van der Waals surface area contributed by atoms with E-state index in [1.807, 2.05) is 0 Å². The molecule has 0 aromatic carbocycles. The maximum absolute atomic E-state index is 13.0. The smallest absolute Gasteiger partial charge is 0.352 e. The van der Waals surface area contributed by atoms with Gasteiger partial charge in [0, 0.05) is 28.8 Å². The molecule has 208 valence electrons. The largest absolute Gasteiger partial charge is 0.477 e. The first kappa shape index (κ1) is 28.6. The first-order valence-corrected chi connectivity index (χ1v) is 14.9. The van der Waals surface area contributed by atoms with Gasteiger partial charge in [-0.3, -0.25) is 19.9 Å². The van der Waals surface area contributed by atoms with Gasteiger partial charge in [-0.15, -0.1) is 16.9 Å². The van der Waals surface area contributed by atoms with Crippen LogP contribution in [0.15, 0.2) is 21.6 Å². The van der Waals surface area contributed by atoms with Gasteiger partial charge in [0.2, 0.25) is 16.7 Å². The lowest BCUT2D eigenvalue weighted by Crippen LogP contribution is -2.71. The van der Waals surface area contributed by atoms with Crippen molar-refractivity contribution in [1.29, 1.82) is 5.41 Å². The Morgan fingerprint density at radius 2 is 2.21 bits per heavy atom. The zero-order valence-electron chi connectivity index (χ0n) is 20.1. The summed E-state index contributed by atoms with van der Waals surface area (Å²) in [5, 5.41) is 35.0. The van der Waals surface area contributed by atoms with Gasteiger partial charge in [0.05, 0.1) is 12.3 Å². The fourth-order valence-corrected chi connectivity index (χ4v) is 7.02. The SMILES string of the molecule is CO/N=C(\C(=O)N[C@@H]1C(=O)N2C(C(=O)O)=C(CSc3nnnn3CCSCC(=N)N)CS[C@@H]12)c1nsc(N)n1. The summed E-state index contributed by atoms with van der Waals surface area (Å²) in [5.74, 6) is -0.963. The van der Waals surface area contributed by atoms with Gasteiger partial charge in [0.1, 0.15) is 30.1 Å². The number of hydrogen-bond acceptors (Lipinski definition) is 16. The number of hydrogen-bond donors (Lipinski definition) is 5. The molecule has 4 rings (SSSR count). The molecule has 2 atom stereocenters. The minimum atomic E-state index is -1.25. The topological polar surface area (TPSA) is 254 Å². The van der Waals surface area contributed by atoms with Crippen LogP contribution < -0.4 is 16.8 Å². The number of thioether (sulfide) groups is 3. The van der Waals surface area contributed by atoms with E-state index in [4.69, 9.17) is 21.7 Å². The first-order valence-electron chi connectivity index (χ1n) is 10.9. The Morgan fingerprint density at radius 1 is 1.41 bits per heavy atom. The predicted octanol–water partition coefficient (Wildman–Crippen LogP) is -1.34. The molecule has 0 unspecified atom stereocenters. The van der Waals surface area contributed by atoms with E-state index in [1.54, 1.807) is 4.68 Å². The molecule has 0 saturated carbocycles. The Balaban J connectivity index is 1.42. The highest BCUT2D eigenvalue weighted by Gasteiger charge is 2.54. The van der Waals surface area contributed by atoms with Gasteiger partial charge in [-0.05, 0) is 16.0 Å². The Labute approximate surface area is 237 Å². The minimum absolute atomic E-state index is 0.0537. The Bertz CT molecular complexity index is 1340. The van der Waals surface area contributed by atoms with Crippen LogP contribution in [0.25, 0.3) is 0 Å². The molecule has 2 aliphatic rings. The third-order valence-electron chi connectivity index (χ3n) is 5.17. The van der Waals surface area contributed by atoms with Crippen LogP contribution in [-0.2, 0) is 25.8 Å². The van der Waals surface area contributed by atoms with Gasteiger partial charge in [-0.25, -0.2) is 9.48 Å². The highest BCUT2D eigenvalue weighted by Crippen LogP contribution is 2.41. The van der Waals surface area contributed by atoms with Crippen molar-refractivity contribution >= 4 is 81.3 Å². The summed E-state index contributed by atoms with van der Waals surface area (Å²) < 4.78 is 5.53. The van der Waals surface area contributed by atoms with Crippen molar-refractivity contribution in [3.63, 3.8) is 0 Å². The maximum Gasteiger partial charge on any atom is 0.352 e. The highest BCUT2D eigenvalue weighted by atomic mass is 32.2. The number of aryl methyl sites for hydroxylation is 1. The second kappa shape index (κ2) is 12.6. The van der Waals surface area contributed by atoms with E-state index < -0.39 is 29.2 Å². The van der Waals surface area contributed by atoms with Crippen molar-refractivity contribution < 1.29 is 24.3 Å². The van der Waals surface area contributed by atoms with Crippen molar-refractivity contribution in [3.05, 3.63) is 17.1 Å². The normalized spacial score (nSPS) is 18.9. The van der Waals surface area contributed by atoms with E-state index in [0.29, 0.717) is 34.5 Å². The number of amides is 2. The van der Waals surface area contributed by atoms with Crippen LogP contribution in [-0.4, -0.2) is 110 Å². The van der Waals surface area contributed by atoms with E-state index in [0.717, 1.165) is 11.5 Å². The lowest BCUT2D eigenvalue weighted by Gasteiger charge is -2.49. The number of anilines is 1. The molecule has 39 heavy (non-hydrogen) atoms. The standard InChI is InChI=1S/C18H22N12O5S4/c1-35-25-9(12-23-17(21)39-26-12)13(31)22-10-14(32)30-11(16(33)34)7(4-37-15(10)30)5-38-18-24-27-28-29(18)2-3-36-6-8(19)20/h10,15H,2-6H2,1H3,(H3,19,20)(H,22,31)(H,33,34)(H2,21,23,26)/b25-9-/t10-,15+/m1/s1. The molecule has 1 fully saturated rings. The van der Waals surface area contributed by atoms with Gasteiger partial charge in [-0.2, -0.15) is 21.1 Å². The number of carbonyl (C=O) groups excluding carboxylic acids is 2. The molecule has 4 heterocycles.